The number of halogens is 2. The third-order valence-electron chi connectivity index (χ3n) is 4.27. The van der Waals surface area contributed by atoms with E-state index in [1.165, 1.54) is 35.5 Å². The fourth-order valence-corrected chi connectivity index (χ4v) is 3.10. The topological polar surface area (TPSA) is 0 Å². The molecule has 10 radical (unpaired) electrons. The van der Waals surface area contributed by atoms with E-state index in [9.17, 15) is 0 Å². The van der Waals surface area contributed by atoms with Crippen molar-refractivity contribution >= 4 is 17.0 Å². The van der Waals surface area contributed by atoms with Crippen molar-refractivity contribution in [1.82, 2.24) is 0 Å². The van der Waals surface area contributed by atoms with E-state index >= 15 is 0 Å². The van der Waals surface area contributed by atoms with Gasteiger partial charge < -0.3 is 0 Å². The zero-order chi connectivity index (χ0) is 19.5. The predicted molar refractivity (Wildman–Crippen MR) is 115 cm³/mol. The molecular weight excluding hydrogens is 450 g/mol. The average molecular weight is 473 g/mol. The average Bonchev–Trinajstić information content (AvgIpc) is 3.29. The van der Waals surface area contributed by atoms with Crippen molar-refractivity contribution in [2.75, 3.05) is 0 Å². The first-order valence-electron chi connectivity index (χ1n) is 8.69. The molecule has 0 bridgehead atoms. The van der Waals surface area contributed by atoms with Crippen LogP contribution in [0.2, 0.25) is 0 Å². The van der Waals surface area contributed by atoms with Gasteiger partial charge in [-0.25, -0.2) is 0 Å². The third-order valence-corrected chi connectivity index (χ3v) is 4.27. The molecule has 3 heteroatoms. The Morgan fingerprint density at radius 2 is 1.04 bits per heavy atom. The first-order chi connectivity index (χ1) is 13.2. The van der Waals surface area contributed by atoms with Gasteiger partial charge in [-0.3, -0.25) is 0 Å². The van der Waals surface area contributed by atoms with Gasteiger partial charge in [0, 0.05) is 23.7 Å². The van der Waals surface area contributed by atoms with E-state index in [1.807, 2.05) is 12.2 Å². The van der Waals surface area contributed by atoms with Gasteiger partial charge in [0.1, 0.15) is 0 Å². The van der Waals surface area contributed by atoms with Crippen molar-refractivity contribution in [2.45, 2.75) is 12.8 Å². The first kappa shape index (κ1) is 23.2. The van der Waals surface area contributed by atoms with Crippen LogP contribution in [0.4, 0.5) is 0 Å². The SMILES string of the molecule is C=CC[C]1[CH][CH][C]2C=CC=C[C]21.C=CC[C]1[CH][CH][C]2C=CC=C[C]21.[Cl][Zr+2][Cl]. The first-order valence-corrected chi connectivity index (χ1v) is 15.0. The molecule has 0 aliphatic heterocycles. The Morgan fingerprint density at radius 1 is 0.667 bits per heavy atom. The van der Waals surface area contributed by atoms with Gasteiger partial charge in [-0.2, -0.15) is 0 Å². The molecule has 134 valence electrons. The second-order valence-corrected chi connectivity index (χ2v) is 9.68. The Balaban J connectivity index is 0.000000170. The van der Waals surface area contributed by atoms with Gasteiger partial charge in [-0.1, -0.05) is 60.8 Å². The Hall–Kier alpha value is -0.0969. The molecular formula is C24H22Cl2Zr+2. The van der Waals surface area contributed by atoms with Crippen LogP contribution in [-0.2, 0) is 20.8 Å². The molecule has 0 atom stereocenters. The van der Waals surface area contributed by atoms with E-state index in [0.717, 1.165) is 12.8 Å². The van der Waals surface area contributed by atoms with E-state index in [1.54, 1.807) is 0 Å². The molecule has 2 saturated carbocycles. The van der Waals surface area contributed by atoms with Crippen LogP contribution in [0.25, 0.3) is 0 Å². The van der Waals surface area contributed by atoms with Crippen LogP contribution in [0.3, 0.4) is 0 Å². The molecule has 0 unspecified atom stereocenters. The molecule has 27 heavy (non-hydrogen) atoms. The molecule has 0 aromatic carbocycles. The van der Waals surface area contributed by atoms with Crippen molar-refractivity contribution in [3.8, 4) is 0 Å². The second-order valence-electron chi connectivity index (χ2n) is 5.95. The van der Waals surface area contributed by atoms with Crippen LogP contribution in [0.15, 0.2) is 73.9 Å². The molecule has 4 aliphatic rings. The Labute approximate surface area is 184 Å². The minimum atomic E-state index is -0.826. The van der Waals surface area contributed by atoms with Crippen LogP contribution in [-0.4, -0.2) is 0 Å². The summed E-state index contributed by atoms with van der Waals surface area (Å²) in [7, 11) is 9.87. The summed E-state index contributed by atoms with van der Waals surface area (Å²) in [4.78, 5) is 0. The van der Waals surface area contributed by atoms with Crippen LogP contribution in [0, 0.1) is 61.2 Å². The van der Waals surface area contributed by atoms with Gasteiger partial charge in [0.15, 0.2) is 0 Å². The minimum absolute atomic E-state index is 0.826. The van der Waals surface area contributed by atoms with Crippen molar-refractivity contribution in [2.24, 2.45) is 0 Å². The Kier molecular flexibility index (Phi) is 11.3. The molecule has 4 rings (SSSR count). The van der Waals surface area contributed by atoms with Gasteiger partial charge in [-0.05, 0) is 50.4 Å². The monoisotopic (exact) mass is 470 g/mol. The van der Waals surface area contributed by atoms with E-state index in [-0.39, 0.29) is 0 Å². The van der Waals surface area contributed by atoms with Crippen LogP contribution in [0.1, 0.15) is 12.8 Å². The van der Waals surface area contributed by atoms with Crippen molar-refractivity contribution in [1.29, 1.82) is 0 Å². The van der Waals surface area contributed by atoms with E-state index < -0.39 is 20.8 Å². The number of fused-ring (bicyclic) bond motifs is 2. The maximum absolute atomic E-state index is 4.93. The van der Waals surface area contributed by atoms with Crippen LogP contribution in [0.5, 0.6) is 0 Å². The molecule has 0 amide bonds. The molecule has 0 spiro atoms. The normalized spacial score (nSPS) is 22.3. The maximum atomic E-state index is 4.93. The summed E-state index contributed by atoms with van der Waals surface area (Å²) in [5, 5.41) is 0. The third kappa shape index (κ3) is 7.02. The molecule has 0 aromatic heterocycles. The molecule has 0 heterocycles. The second kappa shape index (κ2) is 13.2. The molecule has 0 aromatic rings. The number of hydrogen-bond donors (Lipinski definition) is 0. The standard InChI is InChI=1S/2C12H11.2ClH.Zr/c2*1-2-5-10-8-9-11-6-3-4-7-12(10)11;;;/h2*2-4,6-9H,1,5H2;2*1H;/q;;;;+4/p-2. The fraction of sp³-hybridized carbons (Fsp3) is 0.0833. The molecule has 0 nitrogen and oxygen atoms in total. The molecule has 2 fully saturated rings. The molecule has 0 N–H and O–H groups in total. The van der Waals surface area contributed by atoms with Crippen molar-refractivity contribution in [3.05, 3.63) is 135 Å². The molecule has 4 aliphatic carbocycles. The summed E-state index contributed by atoms with van der Waals surface area (Å²) in [5.74, 6) is 8.12. The number of rotatable bonds is 4. The zero-order valence-corrected chi connectivity index (χ0v) is 19.1. The van der Waals surface area contributed by atoms with E-state index in [2.05, 4.69) is 87.4 Å². The van der Waals surface area contributed by atoms with Gasteiger partial charge >= 0.3 is 37.9 Å². The fourth-order valence-electron chi connectivity index (χ4n) is 3.10. The van der Waals surface area contributed by atoms with E-state index in [4.69, 9.17) is 17.0 Å². The van der Waals surface area contributed by atoms with Gasteiger partial charge in [0.05, 0.1) is 0 Å². The van der Waals surface area contributed by atoms with E-state index in [0.29, 0.717) is 0 Å². The summed E-state index contributed by atoms with van der Waals surface area (Å²) in [6.07, 6.45) is 31.4. The summed E-state index contributed by atoms with van der Waals surface area (Å²) in [5.41, 5.74) is 0. The van der Waals surface area contributed by atoms with Gasteiger partial charge in [-0.15, -0.1) is 13.2 Å². The summed E-state index contributed by atoms with van der Waals surface area (Å²) >= 11 is -0.826. The Morgan fingerprint density at radius 3 is 1.41 bits per heavy atom. The van der Waals surface area contributed by atoms with Gasteiger partial charge in [0.25, 0.3) is 0 Å². The molecule has 0 saturated heterocycles. The van der Waals surface area contributed by atoms with Crippen molar-refractivity contribution in [3.63, 3.8) is 0 Å². The number of allylic oxidation sites excluding steroid dienone is 10. The predicted octanol–water partition coefficient (Wildman–Crippen LogP) is 7.04. The van der Waals surface area contributed by atoms with Crippen molar-refractivity contribution < 1.29 is 20.8 Å². The summed E-state index contributed by atoms with van der Waals surface area (Å²) in [6, 6.07) is 0. The zero-order valence-electron chi connectivity index (χ0n) is 15.2. The summed E-state index contributed by atoms with van der Waals surface area (Å²) in [6.45, 7) is 7.48. The summed E-state index contributed by atoms with van der Waals surface area (Å²) < 4.78 is 0. The number of hydrogen-bond acceptors (Lipinski definition) is 0. The van der Waals surface area contributed by atoms with Gasteiger partial charge in [0.2, 0.25) is 0 Å². The Bertz CT molecular complexity index is 525. The van der Waals surface area contributed by atoms with Crippen LogP contribution < -0.4 is 0 Å². The quantitative estimate of drug-likeness (QED) is 0.385. The van der Waals surface area contributed by atoms with Crippen LogP contribution >= 0.6 is 17.0 Å².